The number of ether oxygens (including phenoxy) is 1. The Hall–Kier alpha value is -2.96. The highest BCUT2D eigenvalue weighted by Crippen LogP contribution is 2.32. The van der Waals surface area contributed by atoms with Crippen LogP contribution in [0.5, 0.6) is 5.75 Å². The summed E-state index contributed by atoms with van der Waals surface area (Å²) in [6.45, 7) is 5.60. The number of hydrogen-bond donors (Lipinski definition) is 2. The van der Waals surface area contributed by atoms with Crippen LogP contribution in [0, 0.1) is 20.8 Å². The van der Waals surface area contributed by atoms with Gasteiger partial charge in [-0.2, -0.15) is 13.2 Å². The van der Waals surface area contributed by atoms with Crippen molar-refractivity contribution in [3.05, 3.63) is 58.8 Å². The van der Waals surface area contributed by atoms with E-state index in [2.05, 4.69) is 10.3 Å². The average Bonchev–Trinajstić information content (AvgIpc) is 3.02. The highest BCUT2D eigenvalue weighted by molar-refractivity contribution is 5.94. The molecule has 3 rings (SSSR count). The van der Waals surface area contributed by atoms with E-state index in [1.807, 2.05) is 32.9 Å². The summed E-state index contributed by atoms with van der Waals surface area (Å²) in [5.74, 6) is 0.280. The molecule has 142 valence electrons. The third-order valence-corrected chi connectivity index (χ3v) is 4.43. The number of rotatable bonds is 4. The molecular weight excluding hydrogens is 357 g/mol. The Labute approximate surface area is 154 Å². The number of benzene rings is 2. The van der Waals surface area contributed by atoms with Gasteiger partial charge in [0.05, 0.1) is 0 Å². The SMILES string of the molecule is Cc1ccc(C)c(OCC(=O)Nc2ccc3[nH]c(C(F)(F)F)cc3c2)c1C. The van der Waals surface area contributed by atoms with Gasteiger partial charge in [0, 0.05) is 16.6 Å². The Morgan fingerprint density at radius 3 is 2.48 bits per heavy atom. The first-order chi connectivity index (χ1) is 12.6. The number of amides is 1. The molecule has 4 nitrogen and oxygen atoms in total. The van der Waals surface area contributed by atoms with E-state index in [0.29, 0.717) is 22.3 Å². The Morgan fingerprint density at radius 2 is 1.78 bits per heavy atom. The van der Waals surface area contributed by atoms with Gasteiger partial charge in [-0.1, -0.05) is 12.1 Å². The molecule has 0 spiro atoms. The molecule has 0 fully saturated rings. The Kier molecular flexibility index (Phi) is 4.87. The van der Waals surface area contributed by atoms with Crippen LogP contribution >= 0.6 is 0 Å². The smallest absolute Gasteiger partial charge is 0.431 e. The molecule has 27 heavy (non-hydrogen) atoms. The quantitative estimate of drug-likeness (QED) is 0.663. The van der Waals surface area contributed by atoms with E-state index in [4.69, 9.17) is 4.74 Å². The third-order valence-electron chi connectivity index (χ3n) is 4.43. The predicted molar refractivity (Wildman–Crippen MR) is 98.1 cm³/mol. The Bertz CT molecular complexity index is 1010. The van der Waals surface area contributed by atoms with Crippen molar-refractivity contribution in [1.82, 2.24) is 4.98 Å². The standard InChI is InChI=1S/C20H19F3N2O2/c1-11-4-5-12(2)19(13(11)3)27-10-18(26)24-15-6-7-16-14(8-15)9-17(25-16)20(21,22)23/h4-9,25H,10H2,1-3H3,(H,24,26). The van der Waals surface area contributed by atoms with Gasteiger partial charge >= 0.3 is 6.18 Å². The second-order valence-corrected chi connectivity index (χ2v) is 6.47. The summed E-state index contributed by atoms with van der Waals surface area (Å²) in [4.78, 5) is 14.5. The number of fused-ring (bicyclic) bond motifs is 1. The molecule has 3 aromatic rings. The fourth-order valence-electron chi connectivity index (χ4n) is 2.85. The predicted octanol–water partition coefficient (Wildman–Crippen LogP) is 5.13. The number of aryl methyl sites for hydroxylation is 2. The fraction of sp³-hybridized carbons (Fsp3) is 0.250. The first-order valence-electron chi connectivity index (χ1n) is 8.34. The molecule has 1 aromatic heterocycles. The second-order valence-electron chi connectivity index (χ2n) is 6.47. The van der Waals surface area contributed by atoms with Gasteiger partial charge in [0.25, 0.3) is 5.91 Å². The van der Waals surface area contributed by atoms with Crippen molar-refractivity contribution >= 4 is 22.5 Å². The van der Waals surface area contributed by atoms with Crippen molar-refractivity contribution < 1.29 is 22.7 Å². The van der Waals surface area contributed by atoms with Crippen LogP contribution in [0.1, 0.15) is 22.4 Å². The minimum absolute atomic E-state index is 0.190. The second kappa shape index (κ2) is 6.98. The number of aromatic amines is 1. The molecule has 7 heteroatoms. The minimum Gasteiger partial charge on any atom is -0.483 e. The summed E-state index contributed by atoms with van der Waals surface area (Å²) in [5, 5.41) is 3.01. The summed E-state index contributed by atoms with van der Waals surface area (Å²) < 4.78 is 44.0. The minimum atomic E-state index is -4.44. The van der Waals surface area contributed by atoms with Gasteiger partial charge in [0.2, 0.25) is 0 Å². The summed E-state index contributed by atoms with van der Waals surface area (Å²) in [5.41, 5.74) is 2.89. The Morgan fingerprint density at radius 1 is 1.07 bits per heavy atom. The molecule has 0 radical (unpaired) electrons. The topological polar surface area (TPSA) is 54.1 Å². The number of hydrogen-bond acceptors (Lipinski definition) is 2. The van der Waals surface area contributed by atoms with E-state index in [0.717, 1.165) is 22.8 Å². The number of aromatic nitrogens is 1. The van der Waals surface area contributed by atoms with E-state index in [9.17, 15) is 18.0 Å². The molecule has 2 N–H and O–H groups in total. The average molecular weight is 376 g/mol. The zero-order chi connectivity index (χ0) is 19.8. The molecule has 0 saturated carbocycles. The van der Waals surface area contributed by atoms with Gasteiger partial charge in [0.1, 0.15) is 11.4 Å². The molecule has 1 amide bonds. The van der Waals surface area contributed by atoms with Gasteiger partial charge in [-0.15, -0.1) is 0 Å². The molecule has 0 aliphatic heterocycles. The van der Waals surface area contributed by atoms with Gasteiger partial charge in [-0.05, 0) is 61.7 Å². The highest BCUT2D eigenvalue weighted by Gasteiger charge is 2.32. The molecule has 0 atom stereocenters. The maximum atomic E-state index is 12.8. The van der Waals surface area contributed by atoms with Crippen LogP contribution < -0.4 is 10.1 Å². The molecule has 2 aromatic carbocycles. The largest absolute Gasteiger partial charge is 0.483 e. The van der Waals surface area contributed by atoms with Gasteiger partial charge < -0.3 is 15.0 Å². The van der Waals surface area contributed by atoms with Crippen molar-refractivity contribution in [2.24, 2.45) is 0 Å². The van der Waals surface area contributed by atoms with E-state index in [-0.39, 0.29) is 12.5 Å². The van der Waals surface area contributed by atoms with E-state index in [1.165, 1.54) is 12.1 Å². The first-order valence-corrected chi connectivity index (χ1v) is 8.34. The van der Waals surface area contributed by atoms with Crippen LogP contribution in [0.25, 0.3) is 10.9 Å². The van der Waals surface area contributed by atoms with Gasteiger partial charge in [-0.3, -0.25) is 4.79 Å². The monoisotopic (exact) mass is 376 g/mol. The van der Waals surface area contributed by atoms with E-state index in [1.54, 1.807) is 6.07 Å². The number of carbonyl (C=O) groups excluding carboxylic acids is 1. The van der Waals surface area contributed by atoms with Gasteiger partial charge in [0.15, 0.2) is 6.61 Å². The third kappa shape index (κ3) is 4.07. The number of carbonyl (C=O) groups is 1. The van der Waals surface area contributed by atoms with Crippen LogP contribution in [0.3, 0.4) is 0 Å². The first kappa shape index (κ1) is 18.8. The highest BCUT2D eigenvalue weighted by atomic mass is 19.4. The normalized spacial score (nSPS) is 11.6. The maximum Gasteiger partial charge on any atom is 0.431 e. The molecule has 0 aliphatic carbocycles. The molecule has 0 saturated heterocycles. The van der Waals surface area contributed by atoms with Crippen molar-refractivity contribution in [1.29, 1.82) is 0 Å². The van der Waals surface area contributed by atoms with E-state index >= 15 is 0 Å². The summed E-state index contributed by atoms with van der Waals surface area (Å²) in [6.07, 6.45) is -4.44. The lowest BCUT2D eigenvalue weighted by molar-refractivity contribution is -0.140. The van der Waals surface area contributed by atoms with Gasteiger partial charge in [-0.25, -0.2) is 0 Å². The van der Waals surface area contributed by atoms with Crippen LogP contribution in [0.15, 0.2) is 36.4 Å². The molecule has 0 aliphatic rings. The lowest BCUT2D eigenvalue weighted by atomic mass is 10.1. The van der Waals surface area contributed by atoms with Crippen molar-refractivity contribution in [2.45, 2.75) is 26.9 Å². The number of alkyl halides is 3. The molecule has 0 unspecified atom stereocenters. The maximum absolute atomic E-state index is 12.8. The zero-order valence-electron chi connectivity index (χ0n) is 15.1. The number of H-pyrrole nitrogens is 1. The van der Waals surface area contributed by atoms with Crippen LogP contribution in [0.4, 0.5) is 18.9 Å². The fourth-order valence-corrected chi connectivity index (χ4v) is 2.85. The lowest BCUT2D eigenvalue weighted by Gasteiger charge is -2.14. The summed E-state index contributed by atoms with van der Waals surface area (Å²) >= 11 is 0. The summed E-state index contributed by atoms with van der Waals surface area (Å²) in [7, 11) is 0. The van der Waals surface area contributed by atoms with Crippen molar-refractivity contribution in [3.63, 3.8) is 0 Å². The number of halogens is 3. The Balaban J connectivity index is 1.70. The molecule has 1 heterocycles. The lowest BCUT2D eigenvalue weighted by Crippen LogP contribution is -2.20. The van der Waals surface area contributed by atoms with Crippen LogP contribution in [0.2, 0.25) is 0 Å². The molecular formula is C20H19F3N2O2. The van der Waals surface area contributed by atoms with Crippen LogP contribution in [-0.4, -0.2) is 17.5 Å². The number of anilines is 1. The molecule has 0 bridgehead atoms. The van der Waals surface area contributed by atoms with Crippen molar-refractivity contribution in [3.8, 4) is 5.75 Å². The van der Waals surface area contributed by atoms with E-state index < -0.39 is 11.9 Å². The zero-order valence-corrected chi connectivity index (χ0v) is 15.1. The summed E-state index contributed by atoms with van der Waals surface area (Å²) in [6, 6.07) is 9.45. The number of nitrogens with one attached hydrogen (secondary N) is 2. The van der Waals surface area contributed by atoms with Crippen molar-refractivity contribution in [2.75, 3.05) is 11.9 Å². The van der Waals surface area contributed by atoms with Crippen LogP contribution in [-0.2, 0) is 11.0 Å².